The average molecular weight is 278 g/mol. The van der Waals surface area contributed by atoms with Crippen LogP contribution in [-0.4, -0.2) is 21.3 Å². The van der Waals surface area contributed by atoms with E-state index in [0.29, 0.717) is 6.61 Å². The van der Waals surface area contributed by atoms with Gasteiger partial charge in [0.15, 0.2) is 0 Å². The second-order valence-corrected chi connectivity index (χ2v) is 3.54. The minimum atomic E-state index is 0. The number of fused-ring (bicyclic) bond motifs is 1. The van der Waals surface area contributed by atoms with Crippen LogP contribution in [-0.2, 0) is 0 Å². The van der Waals surface area contributed by atoms with Crippen LogP contribution in [0.1, 0.15) is 6.92 Å². The second kappa shape index (κ2) is 8.11. The van der Waals surface area contributed by atoms with E-state index >= 15 is 0 Å². The van der Waals surface area contributed by atoms with Gasteiger partial charge in [0, 0.05) is 17.8 Å². The predicted molar refractivity (Wildman–Crippen MR) is 78.3 cm³/mol. The summed E-state index contributed by atoms with van der Waals surface area (Å²) in [5, 5.41) is 1.20. The van der Waals surface area contributed by atoms with Crippen LogP contribution in [0.15, 0.2) is 61.3 Å². The first-order chi connectivity index (χ1) is 8.90. The van der Waals surface area contributed by atoms with Crippen LogP contribution in [0.25, 0.3) is 10.9 Å². The number of halogens is 1. The van der Waals surface area contributed by atoms with Gasteiger partial charge < -0.3 is 4.84 Å². The summed E-state index contributed by atoms with van der Waals surface area (Å²) in [5.41, 5.74) is 1.06. The summed E-state index contributed by atoms with van der Waals surface area (Å²) in [7, 11) is 0. The molecular weight excluding hydrogens is 262 g/mol. The highest BCUT2D eigenvalue weighted by Gasteiger charge is 1.86. The molecular formula is C14H16ClN3O. The minimum Gasteiger partial charge on any atom is -0.413 e. The summed E-state index contributed by atoms with van der Waals surface area (Å²) in [5.74, 6) is 0. The molecule has 3 aromatic rings. The van der Waals surface area contributed by atoms with Crippen molar-refractivity contribution in [2.75, 3.05) is 6.61 Å². The lowest BCUT2D eigenvalue weighted by Gasteiger charge is -1.98. The van der Waals surface area contributed by atoms with Crippen LogP contribution in [0.5, 0.6) is 0 Å². The van der Waals surface area contributed by atoms with Gasteiger partial charge in [0.2, 0.25) is 0 Å². The molecule has 0 bridgehead atoms. The van der Waals surface area contributed by atoms with Gasteiger partial charge in [-0.15, -0.1) is 12.4 Å². The van der Waals surface area contributed by atoms with Gasteiger partial charge in [0.05, 0.1) is 11.7 Å². The number of imidazole rings is 1. The van der Waals surface area contributed by atoms with E-state index in [4.69, 9.17) is 4.84 Å². The van der Waals surface area contributed by atoms with Crippen molar-refractivity contribution in [3.63, 3.8) is 0 Å². The Hall–Kier alpha value is -2.07. The summed E-state index contributed by atoms with van der Waals surface area (Å²) in [6, 6.07) is 12.1. The SMILES string of the molecule is CCOn1ccnc1.Cl.c1ccc2ncccc2c1. The predicted octanol–water partition coefficient (Wildman–Crippen LogP) is 2.99. The van der Waals surface area contributed by atoms with Crippen molar-refractivity contribution in [1.82, 2.24) is 14.7 Å². The molecule has 2 aromatic heterocycles. The first-order valence-electron chi connectivity index (χ1n) is 5.81. The largest absolute Gasteiger partial charge is 0.413 e. The molecule has 0 amide bonds. The molecule has 0 aliphatic carbocycles. The number of para-hydroxylation sites is 1. The zero-order valence-corrected chi connectivity index (χ0v) is 11.5. The van der Waals surface area contributed by atoms with E-state index in [1.165, 1.54) is 5.39 Å². The Bertz CT molecular complexity index is 519. The molecule has 0 N–H and O–H groups in total. The summed E-state index contributed by atoms with van der Waals surface area (Å²) >= 11 is 0. The van der Waals surface area contributed by atoms with Gasteiger partial charge in [0.1, 0.15) is 12.9 Å². The summed E-state index contributed by atoms with van der Waals surface area (Å²) in [6.45, 7) is 2.61. The first-order valence-corrected chi connectivity index (χ1v) is 5.81. The van der Waals surface area contributed by atoms with Crippen molar-refractivity contribution in [2.24, 2.45) is 0 Å². The van der Waals surface area contributed by atoms with E-state index in [1.54, 1.807) is 23.5 Å². The lowest BCUT2D eigenvalue weighted by Crippen LogP contribution is -2.06. The molecule has 0 aliphatic heterocycles. The maximum Gasteiger partial charge on any atom is 0.131 e. The van der Waals surface area contributed by atoms with Crippen molar-refractivity contribution in [3.05, 3.63) is 61.3 Å². The van der Waals surface area contributed by atoms with Crippen LogP contribution < -0.4 is 4.84 Å². The number of rotatable bonds is 2. The van der Waals surface area contributed by atoms with Crippen LogP contribution in [0.4, 0.5) is 0 Å². The third-order valence-corrected chi connectivity index (χ3v) is 2.27. The number of nitrogens with zero attached hydrogens (tertiary/aromatic N) is 3. The second-order valence-electron chi connectivity index (χ2n) is 3.54. The molecule has 0 saturated heterocycles. The fourth-order valence-electron chi connectivity index (χ4n) is 1.49. The van der Waals surface area contributed by atoms with E-state index in [9.17, 15) is 0 Å². The summed E-state index contributed by atoms with van der Waals surface area (Å²) in [4.78, 5) is 13.0. The molecule has 0 fully saturated rings. The molecule has 19 heavy (non-hydrogen) atoms. The van der Waals surface area contributed by atoms with Gasteiger partial charge in [-0.1, -0.05) is 24.3 Å². The Morgan fingerprint density at radius 2 is 1.89 bits per heavy atom. The zero-order valence-electron chi connectivity index (χ0n) is 10.6. The Morgan fingerprint density at radius 3 is 2.58 bits per heavy atom. The van der Waals surface area contributed by atoms with E-state index < -0.39 is 0 Å². The van der Waals surface area contributed by atoms with Crippen LogP contribution in [0.2, 0.25) is 0 Å². The van der Waals surface area contributed by atoms with Crippen LogP contribution >= 0.6 is 12.4 Å². The van der Waals surface area contributed by atoms with Crippen molar-refractivity contribution in [2.45, 2.75) is 6.92 Å². The van der Waals surface area contributed by atoms with Crippen LogP contribution in [0.3, 0.4) is 0 Å². The number of benzene rings is 1. The van der Waals surface area contributed by atoms with E-state index in [2.05, 4.69) is 22.1 Å². The molecule has 100 valence electrons. The normalized spacial score (nSPS) is 9.11. The van der Waals surface area contributed by atoms with Gasteiger partial charge in [-0.3, -0.25) is 4.98 Å². The van der Waals surface area contributed by atoms with Gasteiger partial charge in [-0.05, 0) is 19.1 Å². The van der Waals surface area contributed by atoms with Crippen LogP contribution in [0, 0.1) is 0 Å². The quantitative estimate of drug-likeness (QED) is 0.723. The molecule has 0 spiro atoms. The molecule has 0 unspecified atom stereocenters. The highest BCUT2D eigenvalue weighted by Crippen LogP contribution is 2.07. The Labute approximate surface area is 118 Å². The zero-order chi connectivity index (χ0) is 12.6. The molecule has 3 rings (SSSR count). The molecule has 0 atom stereocenters. The van der Waals surface area contributed by atoms with Gasteiger partial charge in [-0.2, -0.15) is 4.73 Å². The van der Waals surface area contributed by atoms with Gasteiger partial charge in [-0.25, -0.2) is 4.98 Å². The lowest BCUT2D eigenvalue weighted by molar-refractivity contribution is 0.121. The maximum absolute atomic E-state index is 5.00. The van der Waals surface area contributed by atoms with Gasteiger partial charge in [0.25, 0.3) is 0 Å². The van der Waals surface area contributed by atoms with E-state index in [1.807, 2.05) is 37.4 Å². The van der Waals surface area contributed by atoms with E-state index in [-0.39, 0.29) is 12.4 Å². The van der Waals surface area contributed by atoms with Crippen molar-refractivity contribution < 1.29 is 4.84 Å². The van der Waals surface area contributed by atoms with Crippen molar-refractivity contribution >= 4 is 23.3 Å². The Balaban J connectivity index is 0.000000185. The van der Waals surface area contributed by atoms with Crippen molar-refractivity contribution in [1.29, 1.82) is 0 Å². The molecule has 0 radical (unpaired) electrons. The molecule has 4 nitrogen and oxygen atoms in total. The number of hydrogen-bond acceptors (Lipinski definition) is 3. The number of pyridine rings is 1. The third kappa shape index (κ3) is 4.60. The smallest absolute Gasteiger partial charge is 0.131 e. The van der Waals surface area contributed by atoms with E-state index in [0.717, 1.165) is 5.52 Å². The molecule has 2 heterocycles. The topological polar surface area (TPSA) is 39.9 Å². The lowest BCUT2D eigenvalue weighted by atomic mass is 10.2. The molecule has 0 saturated carbocycles. The van der Waals surface area contributed by atoms with Gasteiger partial charge >= 0.3 is 0 Å². The fraction of sp³-hybridized carbons (Fsp3) is 0.143. The monoisotopic (exact) mass is 277 g/mol. The number of hydrogen-bond donors (Lipinski definition) is 0. The Morgan fingerprint density at radius 1 is 1.11 bits per heavy atom. The minimum absolute atomic E-state index is 0. The summed E-state index contributed by atoms with van der Waals surface area (Å²) < 4.78 is 1.57. The summed E-state index contributed by atoms with van der Waals surface area (Å²) in [6.07, 6.45) is 6.85. The average Bonchev–Trinajstić information content (AvgIpc) is 2.93. The molecule has 1 aromatic carbocycles. The highest BCUT2D eigenvalue weighted by atomic mass is 35.5. The maximum atomic E-state index is 5.00. The third-order valence-electron chi connectivity index (χ3n) is 2.27. The first kappa shape index (κ1) is 15.0. The number of aromatic nitrogens is 3. The Kier molecular flexibility index (Phi) is 6.39. The molecule has 0 aliphatic rings. The standard InChI is InChI=1S/C9H7N.C5H8N2O.ClH/c1-2-6-9-8(4-1)5-3-7-10-9;1-2-8-7-4-3-6-5-7;/h1-7H;3-5H,2H2,1H3;1H. The highest BCUT2D eigenvalue weighted by molar-refractivity contribution is 5.85. The van der Waals surface area contributed by atoms with Crippen molar-refractivity contribution in [3.8, 4) is 0 Å². The fourth-order valence-corrected chi connectivity index (χ4v) is 1.49. The molecule has 5 heteroatoms.